The zero-order chi connectivity index (χ0) is 45.7. The highest BCUT2D eigenvalue weighted by molar-refractivity contribution is 6.11. The maximum absolute atomic E-state index is 6.83. The van der Waals surface area contributed by atoms with Gasteiger partial charge in [-0.3, -0.25) is 4.57 Å². The van der Waals surface area contributed by atoms with Gasteiger partial charge in [-0.15, -0.1) is 0 Å². The molecule has 0 amide bonds. The summed E-state index contributed by atoms with van der Waals surface area (Å²) in [6.45, 7) is 21.2. The summed E-state index contributed by atoms with van der Waals surface area (Å²) in [5, 5.41) is 4.52. The molecule has 6 nitrogen and oxygen atoms in total. The molecule has 0 bridgehead atoms. The first kappa shape index (κ1) is 41.4. The smallest absolute Gasteiger partial charge is 0.137 e. The van der Waals surface area contributed by atoms with Crippen LogP contribution in [0.5, 0.6) is 11.5 Å². The van der Waals surface area contributed by atoms with Gasteiger partial charge in [-0.1, -0.05) is 117 Å². The van der Waals surface area contributed by atoms with E-state index in [4.69, 9.17) is 14.1 Å². The number of hydrogen-bond donors (Lipinski definition) is 0. The van der Waals surface area contributed by atoms with Crippen molar-refractivity contribution in [3.8, 4) is 28.4 Å². The van der Waals surface area contributed by atoms with Gasteiger partial charge in [-0.25, -0.2) is 4.98 Å². The second kappa shape index (κ2) is 15.1. The van der Waals surface area contributed by atoms with Crippen molar-refractivity contribution in [2.24, 2.45) is 0 Å². The van der Waals surface area contributed by atoms with Crippen molar-refractivity contribution in [1.29, 1.82) is 0 Å². The molecule has 0 saturated carbocycles. The Labute approximate surface area is 387 Å². The van der Waals surface area contributed by atoms with Crippen LogP contribution < -0.4 is 14.5 Å². The molecule has 0 saturated heterocycles. The quantitative estimate of drug-likeness (QED) is 0.167. The number of benzene rings is 7. The third-order valence-corrected chi connectivity index (χ3v) is 13.4. The lowest BCUT2D eigenvalue weighted by Gasteiger charge is -2.29. The second-order valence-electron chi connectivity index (χ2n) is 21.1. The van der Waals surface area contributed by atoms with E-state index in [0.717, 1.165) is 77.9 Å². The minimum Gasteiger partial charge on any atom is -0.457 e. The molecule has 66 heavy (non-hydrogen) atoms. The van der Waals surface area contributed by atoms with E-state index in [9.17, 15) is 0 Å². The predicted octanol–water partition coefficient (Wildman–Crippen LogP) is 16.7. The van der Waals surface area contributed by atoms with Crippen molar-refractivity contribution in [2.75, 3.05) is 16.5 Å². The number of nitrogens with zero attached hydrogens (tertiary/aromatic N) is 4. The van der Waals surface area contributed by atoms with Gasteiger partial charge in [0.25, 0.3) is 0 Å². The summed E-state index contributed by atoms with van der Waals surface area (Å²) in [4.78, 5) is 9.82. The maximum Gasteiger partial charge on any atom is 0.137 e. The fourth-order valence-corrected chi connectivity index (χ4v) is 9.54. The lowest BCUT2D eigenvalue weighted by Crippen LogP contribution is -2.25. The third-order valence-electron chi connectivity index (χ3n) is 13.4. The summed E-state index contributed by atoms with van der Waals surface area (Å²) >= 11 is 0. The molecule has 11 rings (SSSR count). The van der Waals surface area contributed by atoms with E-state index in [1.807, 2.05) is 24.4 Å². The molecule has 7 aromatic carbocycles. The van der Waals surface area contributed by atoms with Gasteiger partial charge in [0.1, 0.15) is 35.2 Å². The van der Waals surface area contributed by atoms with E-state index >= 15 is 0 Å². The van der Waals surface area contributed by atoms with Gasteiger partial charge in [-0.05, 0) is 135 Å². The van der Waals surface area contributed by atoms with E-state index in [1.165, 1.54) is 33.8 Å². The number of furan rings is 1. The molecule has 0 aliphatic carbocycles. The second-order valence-corrected chi connectivity index (χ2v) is 21.1. The molecule has 1 aliphatic heterocycles. The van der Waals surface area contributed by atoms with Crippen LogP contribution in [0.1, 0.15) is 79.0 Å². The SMILES string of the molecule is CC(C)(C)c1cc(N2CN(c3cccc(Oc4ccc5c6cc(-c7ccc8c(c7)oc7ccccc78)ccc6n(-c6cc(C(C)(C)C)ccn6)c5c4)c3)c3ccccc32)cc(C(C)(C)C)c1. The van der Waals surface area contributed by atoms with Gasteiger partial charge >= 0.3 is 0 Å². The van der Waals surface area contributed by atoms with Crippen molar-refractivity contribution >= 4 is 66.5 Å². The Hall–Kier alpha value is -7.31. The Bertz CT molecular complexity index is 3480. The van der Waals surface area contributed by atoms with E-state index < -0.39 is 0 Å². The van der Waals surface area contributed by atoms with E-state index in [2.05, 4.69) is 216 Å². The minimum atomic E-state index is -0.0447. The molecule has 0 unspecified atom stereocenters. The van der Waals surface area contributed by atoms with Gasteiger partial charge < -0.3 is 19.0 Å². The van der Waals surface area contributed by atoms with Crippen LogP contribution in [0.25, 0.3) is 60.7 Å². The number of pyridine rings is 1. The molecule has 3 aromatic heterocycles. The Morgan fingerprint density at radius 3 is 1.83 bits per heavy atom. The van der Waals surface area contributed by atoms with Crippen LogP contribution in [0.2, 0.25) is 0 Å². The summed E-state index contributed by atoms with van der Waals surface area (Å²) in [5.74, 6) is 2.40. The van der Waals surface area contributed by atoms with Crippen LogP contribution in [0.4, 0.5) is 22.7 Å². The molecule has 0 atom stereocenters. The van der Waals surface area contributed by atoms with Crippen LogP contribution in [0.15, 0.2) is 168 Å². The molecule has 0 fully saturated rings. The van der Waals surface area contributed by atoms with Crippen molar-refractivity contribution < 1.29 is 9.15 Å². The normalized spacial score (nSPS) is 13.4. The van der Waals surface area contributed by atoms with Crippen LogP contribution in [-0.2, 0) is 16.2 Å². The van der Waals surface area contributed by atoms with Crippen molar-refractivity contribution in [3.05, 3.63) is 181 Å². The van der Waals surface area contributed by atoms with Crippen LogP contribution >= 0.6 is 0 Å². The van der Waals surface area contributed by atoms with Crippen LogP contribution in [0.3, 0.4) is 0 Å². The Kier molecular flexibility index (Phi) is 9.49. The highest BCUT2D eigenvalue weighted by Crippen LogP contribution is 2.47. The first-order chi connectivity index (χ1) is 31.6. The van der Waals surface area contributed by atoms with E-state index in [-0.39, 0.29) is 16.2 Å². The summed E-state index contributed by atoms with van der Waals surface area (Å²) in [5.41, 5.74) is 14.6. The number of para-hydroxylation sites is 3. The van der Waals surface area contributed by atoms with Crippen molar-refractivity contribution in [1.82, 2.24) is 9.55 Å². The molecular formula is C60H56N4O2. The van der Waals surface area contributed by atoms with Gasteiger partial charge in [0.15, 0.2) is 0 Å². The number of fused-ring (bicyclic) bond motifs is 7. The van der Waals surface area contributed by atoms with E-state index in [0.29, 0.717) is 6.67 Å². The zero-order valence-corrected chi connectivity index (χ0v) is 39.4. The Balaban J connectivity index is 0.972. The summed E-state index contributed by atoms with van der Waals surface area (Å²) in [6.07, 6.45) is 1.93. The van der Waals surface area contributed by atoms with Crippen LogP contribution in [0, 0.1) is 0 Å². The van der Waals surface area contributed by atoms with Crippen molar-refractivity contribution in [3.63, 3.8) is 0 Å². The average Bonchev–Trinajstić information content (AvgIpc) is 3.97. The zero-order valence-electron chi connectivity index (χ0n) is 39.4. The monoisotopic (exact) mass is 864 g/mol. The lowest BCUT2D eigenvalue weighted by molar-refractivity contribution is 0.483. The molecule has 0 spiro atoms. The maximum atomic E-state index is 6.83. The summed E-state index contributed by atoms with van der Waals surface area (Å²) < 4.78 is 15.4. The topological polar surface area (TPSA) is 46.7 Å². The molecule has 0 N–H and O–H groups in total. The standard InChI is InChI=1S/C60H56N4O2/c1-58(2,3)40-27-28-61-57(34-40)64-51-26-22-38(39-21-24-49-48-17-10-13-20-55(48)66-56(49)30-39)29-50(51)47-25-23-46(36-54(47)64)65-45-16-14-15-43(35-45)62-37-63(53-19-12-11-18-52(53)62)44-32-41(59(4,5)6)31-42(33-44)60(7,8)9/h10-36H,37H2,1-9H3. The first-order valence-corrected chi connectivity index (χ1v) is 23.1. The van der Waals surface area contributed by atoms with Crippen molar-refractivity contribution in [2.45, 2.75) is 78.6 Å². The molecule has 1 aliphatic rings. The summed E-state index contributed by atoms with van der Waals surface area (Å²) in [7, 11) is 0. The number of anilines is 4. The van der Waals surface area contributed by atoms with Gasteiger partial charge in [-0.2, -0.15) is 0 Å². The fourth-order valence-electron chi connectivity index (χ4n) is 9.54. The Morgan fingerprint density at radius 2 is 1.09 bits per heavy atom. The highest BCUT2D eigenvalue weighted by atomic mass is 16.5. The fraction of sp³-hybridized carbons (Fsp3) is 0.217. The minimum absolute atomic E-state index is 0.0141. The largest absolute Gasteiger partial charge is 0.457 e. The van der Waals surface area contributed by atoms with Crippen LogP contribution in [-0.4, -0.2) is 16.2 Å². The Morgan fingerprint density at radius 1 is 0.455 bits per heavy atom. The average molecular weight is 865 g/mol. The van der Waals surface area contributed by atoms with Gasteiger partial charge in [0, 0.05) is 51.2 Å². The molecule has 328 valence electrons. The molecule has 0 radical (unpaired) electrons. The first-order valence-electron chi connectivity index (χ1n) is 23.1. The van der Waals surface area contributed by atoms with Gasteiger partial charge in [0.05, 0.1) is 22.4 Å². The highest BCUT2D eigenvalue weighted by Gasteiger charge is 2.30. The predicted molar refractivity (Wildman–Crippen MR) is 276 cm³/mol. The summed E-state index contributed by atoms with van der Waals surface area (Å²) in [6, 6.07) is 56.6. The molecule has 6 heteroatoms. The van der Waals surface area contributed by atoms with E-state index in [1.54, 1.807) is 0 Å². The van der Waals surface area contributed by atoms with Gasteiger partial charge in [0.2, 0.25) is 0 Å². The molecular weight excluding hydrogens is 809 g/mol. The molecule has 10 aromatic rings. The lowest BCUT2D eigenvalue weighted by atomic mass is 9.80. The number of aromatic nitrogens is 2. The number of hydrogen-bond acceptors (Lipinski definition) is 5. The number of ether oxygens (including phenoxy) is 1. The third kappa shape index (κ3) is 7.25. The molecule has 4 heterocycles. The number of rotatable bonds is 6.